The van der Waals surface area contributed by atoms with Crippen molar-refractivity contribution in [1.29, 1.82) is 0 Å². The number of amides is 1. The third-order valence-corrected chi connectivity index (χ3v) is 1.39. The molecular formula is C5H10N2O. The van der Waals surface area contributed by atoms with Crippen LogP contribution >= 0.6 is 0 Å². The van der Waals surface area contributed by atoms with Crippen molar-refractivity contribution >= 4 is 5.91 Å². The monoisotopic (exact) mass is 114 g/mol. The first-order valence-electron chi connectivity index (χ1n) is 2.79. The summed E-state index contributed by atoms with van der Waals surface area (Å²) in [5.74, 6) is 0.108. The van der Waals surface area contributed by atoms with Crippen LogP contribution < -0.4 is 10.6 Å². The van der Waals surface area contributed by atoms with E-state index in [9.17, 15) is 4.79 Å². The molecule has 46 valence electrons. The summed E-state index contributed by atoms with van der Waals surface area (Å²) in [4.78, 5) is 10.6. The second-order valence-electron chi connectivity index (χ2n) is 1.91. The molecule has 3 heteroatoms. The van der Waals surface area contributed by atoms with Crippen LogP contribution in [0.25, 0.3) is 0 Å². The third-order valence-electron chi connectivity index (χ3n) is 1.39. The molecule has 8 heavy (non-hydrogen) atoms. The van der Waals surface area contributed by atoms with Crippen molar-refractivity contribution in [3.8, 4) is 0 Å². The lowest BCUT2D eigenvalue weighted by Gasteiger charge is -2.25. The molecule has 1 aliphatic rings. The van der Waals surface area contributed by atoms with Gasteiger partial charge in [-0.05, 0) is 13.0 Å². The zero-order valence-electron chi connectivity index (χ0n) is 4.90. The van der Waals surface area contributed by atoms with Crippen molar-refractivity contribution in [3.63, 3.8) is 0 Å². The maximum Gasteiger partial charge on any atom is 0.236 e. The molecule has 1 aliphatic heterocycles. The first-order chi connectivity index (χ1) is 3.84. The van der Waals surface area contributed by atoms with E-state index in [2.05, 4.69) is 10.6 Å². The highest BCUT2D eigenvalue weighted by Crippen LogP contribution is 1.99. The van der Waals surface area contributed by atoms with Crippen LogP contribution in [0.5, 0.6) is 0 Å². The maximum atomic E-state index is 10.6. The molecule has 0 bridgehead atoms. The van der Waals surface area contributed by atoms with Crippen molar-refractivity contribution in [2.45, 2.75) is 12.5 Å². The molecule has 0 aromatic heterocycles. The van der Waals surface area contributed by atoms with Gasteiger partial charge >= 0.3 is 0 Å². The topological polar surface area (TPSA) is 41.1 Å². The molecule has 1 atom stereocenters. The lowest BCUT2D eigenvalue weighted by Crippen LogP contribution is -2.52. The fraction of sp³-hybridized carbons (Fsp3) is 0.800. The van der Waals surface area contributed by atoms with Gasteiger partial charge in [0.25, 0.3) is 0 Å². The molecule has 2 N–H and O–H groups in total. The van der Waals surface area contributed by atoms with Gasteiger partial charge in [0.15, 0.2) is 0 Å². The number of hydrogen-bond donors (Lipinski definition) is 2. The summed E-state index contributed by atoms with van der Waals surface area (Å²) >= 11 is 0. The van der Waals surface area contributed by atoms with E-state index >= 15 is 0 Å². The molecule has 0 aromatic carbocycles. The van der Waals surface area contributed by atoms with E-state index in [1.165, 1.54) is 0 Å². The Morgan fingerprint density at radius 1 is 1.88 bits per heavy atom. The molecule has 1 fully saturated rings. The van der Waals surface area contributed by atoms with E-state index in [-0.39, 0.29) is 11.9 Å². The molecule has 0 saturated carbocycles. The Morgan fingerprint density at radius 2 is 2.50 bits per heavy atom. The van der Waals surface area contributed by atoms with Crippen LogP contribution in [0.4, 0.5) is 0 Å². The molecule has 0 unspecified atom stereocenters. The number of rotatable bonds is 1. The molecule has 1 heterocycles. The van der Waals surface area contributed by atoms with Gasteiger partial charge in [0, 0.05) is 7.05 Å². The van der Waals surface area contributed by atoms with Gasteiger partial charge in [-0.2, -0.15) is 0 Å². The molecule has 1 saturated heterocycles. The molecule has 0 radical (unpaired) electrons. The first kappa shape index (κ1) is 5.56. The van der Waals surface area contributed by atoms with Crippen LogP contribution in [0.2, 0.25) is 0 Å². The van der Waals surface area contributed by atoms with Crippen LogP contribution in [0.1, 0.15) is 6.42 Å². The predicted molar refractivity (Wildman–Crippen MR) is 30.5 cm³/mol. The van der Waals surface area contributed by atoms with Crippen molar-refractivity contribution in [2.75, 3.05) is 13.6 Å². The molecular weight excluding hydrogens is 104 g/mol. The van der Waals surface area contributed by atoms with Crippen LogP contribution in [-0.4, -0.2) is 25.5 Å². The van der Waals surface area contributed by atoms with Crippen LogP contribution in [0.3, 0.4) is 0 Å². The quantitative estimate of drug-likeness (QED) is 0.463. The van der Waals surface area contributed by atoms with Crippen molar-refractivity contribution in [2.24, 2.45) is 0 Å². The van der Waals surface area contributed by atoms with Gasteiger partial charge in [-0.15, -0.1) is 0 Å². The summed E-state index contributed by atoms with van der Waals surface area (Å²) in [6.07, 6.45) is 0.986. The Labute approximate surface area is 48.5 Å². The Bertz CT molecular complexity index is 98.6. The molecule has 1 amide bonds. The van der Waals surface area contributed by atoms with E-state index in [4.69, 9.17) is 0 Å². The van der Waals surface area contributed by atoms with E-state index in [1.54, 1.807) is 7.05 Å². The van der Waals surface area contributed by atoms with Gasteiger partial charge in [0.05, 0.1) is 6.04 Å². The van der Waals surface area contributed by atoms with Gasteiger partial charge in [-0.3, -0.25) is 4.79 Å². The molecule has 0 aliphatic carbocycles. The van der Waals surface area contributed by atoms with Gasteiger partial charge in [-0.1, -0.05) is 0 Å². The summed E-state index contributed by atoms with van der Waals surface area (Å²) in [6.45, 7) is 0.984. The van der Waals surface area contributed by atoms with Gasteiger partial charge in [0.2, 0.25) is 5.91 Å². The number of carbonyl (C=O) groups is 1. The molecule has 3 nitrogen and oxygen atoms in total. The normalized spacial score (nSPS) is 26.4. The van der Waals surface area contributed by atoms with Crippen LogP contribution in [0, 0.1) is 0 Å². The molecule has 0 spiro atoms. The Balaban J connectivity index is 2.24. The Hall–Kier alpha value is -0.570. The van der Waals surface area contributed by atoms with Crippen LogP contribution in [0.15, 0.2) is 0 Å². The number of carbonyl (C=O) groups excluding carboxylic acids is 1. The summed E-state index contributed by atoms with van der Waals surface area (Å²) < 4.78 is 0. The smallest absolute Gasteiger partial charge is 0.236 e. The Morgan fingerprint density at radius 3 is 2.62 bits per heavy atom. The molecule has 1 rings (SSSR count). The summed E-state index contributed by atoms with van der Waals surface area (Å²) in [7, 11) is 1.66. The minimum absolute atomic E-state index is 0.0972. The van der Waals surface area contributed by atoms with Crippen LogP contribution in [-0.2, 0) is 4.79 Å². The van der Waals surface area contributed by atoms with E-state index in [0.717, 1.165) is 13.0 Å². The van der Waals surface area contributed by atoms with E-state index in [0.29, 0.717) is 0 Å². The van der Waals surface area contributed by atoms with Gasteiger partial charge in [-0.25, -0.2) is 0 Å². The van der Waals surface area contributed by atoms with E-state index < -0.39 is 0 Å². The van der Waals surface area contributed by atoms with E-state index in [1.807, 2.05) is 0 Å². The largest absolute Gasteiger partial charge is 0.358 e. The highest BCUT2D eigenvalue weighted by Gasteiger charge is 2.22. The second-order valence-corrected chi connectivity index (χ2v) is 1.91. The van der Waals surface area contributed by atoms with Crippen molar-refractivity contribution in [3.05, 3.63) is 0 Å². The molecule has 0 aromatic rings. The minimum Gasteiger partial charge on any atom is -0.358 e. The fourth-order valence-corrected chi connectivity index (χ4v) is 0.687. The Kier molecular flexibility index (Phi) is 1.48. The zero-order valence-corrected chi connectivity index (χ0v) is 4.90. The number of likely N-dealkylation sites (N-methyl/N-ethyl adjacent to an activating group) is 1. The average molecular weight is 114 g/mol. The summed E-state index contributed by atoms with van der Waals surface area (Å²) in [6, 6.07) is 0.0972. The maximum absolute atomic E-state index is 10.6. The fourth-order valence-electron chi connectivity index (χ4n) is 0.687. The predicted octanol–water partition coefficient (Wildman–Crippen LogP) is -0.906. The third kappa shape index (κ3) is 0.816. The number of nitrogens with one attached hydrogen (secondary N) is 2. The highest BCUT2D eigenvalue weighted by atomic mass is 16.2. The standard InChI is InChI=1S/C5H10N2O/c1-6-5(8)4-2-3-7-4/h4,7H,2-3H2,1H3,(H,6,8)/t4-/m1/s1. The first-order valence-corrected chi connectivity index (χ1v) is 2.79. The van der Waals surface area contributed by atoms with Crippen molar-refractivity contribution < 1.29 is 4.79 Å². The highest BCUT2D eigenvalue weighted by molar-refractivity contribution is 5.82. The van der Waals surface area contributed by atoms with Gasteiger partial charge in [0.1, 0.15) is 0 Å². The van der Waals surface area contributed by atoms with Gasteiger partial charge < -0.3 is 10.6 Å². The lowest BCUT2D eigenvalue weighted by molar-refractivity contribution is -0.124. The number of hydrogen-bond acceptors (Lipinski definition) is 2. The zero-order chi connectivity index (χ0) is 5.98. The lowest BCUT2D eigenvalue weighted by atomic mass is 10.1. The average Bonchev–Trinajstić information content (AvgIpc) is 1.62. The minimum atomic E-state index is 0.0972. The SMILES string of the molecule is CNC(=O)[C@H]1CCN1. The van der Waals surface area contributed by atoms with Crippen molar-refractivity contribution in [1.82, 2.24) is 10.6 Å². The second kappa shape index (κ2) is 2.13. The summed E-state index contributed by atoms with van der Waals surface area (Å²) in [5, 5.41) is 5.55. The summed E-state index contributed by atoms with van der Waals surface area (Å²) in [5.41, 5.74) is 0.